The number of fused-ring (bicyclic) bond motifs is 1. The highest BCUT2D eigenvalue weighted by Crippen LogP contribution is 2.50. The molecule has 0 fully saturated rings. The normalized spacial score (nSPS) is 27.3. The molecule has 2 rings (SSSR count). The third-order valence-electron chi connectivity index (χ3n) is 4.10. The number of hydrogen-bond acceptors (Lipinski definition) is 4. The highest BCUT2D eigenvalue weighted by Gasteiger charge is 2.47. The Morgan fingerprint density at radius 2 is 2.21 bits per heavy atom. The number of nitrogens with zero attached hydrogens (tertiary/aromatic N) is 1. The first-order valence-corrected chi connectivity index (χ1v) is 6.06. The Balaban J connectivity index is 2.56. The van der Waals surface area contributed by atoms with Gasteiger partial charge in [0.25, 0.3) is 0 Å². The molecule has 0 spiro atoms. The summed E-state index contributed by atoms with van der Waals surface area (Å²) in [7, 11) is 1.58. The molecule has 5 nitrogen and oxygen atoms in total. The highest BCUT2D eigenvalue weighted by molar-refractivity contribution is 6.10. The maximum absolute atomic E-state index is 11.1. The first kappa shape index (κ1) is 13.4. The summed E-state index contributed by atoms with van der Waals surface area (Å²) in [5, 5.41) is 21.7. The van der Waals surface area contributed by atoms with Crippen LogP contribution < -0.4 is 4.74 Å². The van der Waals surface area contributed by atoms with E-state index in [9.17, 15) is 10.0 Å². The van der Waals surface area contributed by atoms with E-state index < -0.39 is 11.4 Å². The van der Waals surface area contributed by atoms with E-state index >= 15 is 0 Å². The van der Waals surface area contributed by atoms with Gasteiger partial charge in [0.2, 0.25) is 0 Å². The monoisotopic (exact) mass is 263 g/mol. The Hall–Kier alpha value is -2.04. The van der Waals surface area contributed by atoms with Gasteiger partial charge >= 0.3 is 5.97 Å². The van der Waals surface area contributed by atoms with Crippen LogP contribution in [0.25, 0.3) is 0 Å². The van der Waals surface area contributed by atoms with Gasteiger partial charge in [-0.3, -0.25) is 4.79 Å². The van der Waals surface area contributed by atoms with Crippen LogP contribution in [0.3, 0.4) is 0 Å². The van der Waals surface area contributed by atoms with Gasteiger partial charge in [0.1, 0.15) is 5.75 Å². The van der Waals surface area contributed by atoms with Gasteiger partial charge in [0.15, 0.2) is 0 Å². The molecule has 0 radical (unpaired) electrons. The van der Waals surface area contributed by atoms with Crippen LogP contribution in [0.4, 0.5) is 0 Å². The second-order valence-corrected chi connectivity index (χ2v) is 5.11. The molecule has 0 saturated heterocycles. The molecule has 0 saturated carbocycles. The summed E-state index contributed by atoms with van der Waals surface area (Å²) in [6.45, 7) is 3.76. The number of carboxylic acids is 1. The van der Waals surface area contributed by atoms with E-state index in [-0.39, 0.29) is 12.3 Å². The van der Waals surface area contributed by atoms with E-state index in [1.54, 1.807) is 13.2 Å². The molecule has 0 amide bonds. The lowest BCUT2D eigenvalue weighted by Gasteiger charge is -2.27. The predicted molar refractivity (Wildman–Crippen MR) is 70.1 cm³/mol. The Bertz CT molecular complexity index is 552. The number of ether oxygens (including phenoxy) is 1. The molecule has 19 heavy (non-hydrogen) atoms. The molecule has 1 aliphatic rings. The van der Waals surface area contributed by atoms with Crippen LogP contribution in [0.5, 0.6) is 5.75 Å². The number of oxime groups is 1. The molecule has 102 valence electrons. The van der Waals surface area contributed by atoms with Crippen molar-refractivity contribution in [2.24, 2.45) is 10.6 Å². The minimum Gasteiger partial charge on any atom is -0.497 e. The van der Waals surface area contributed by atoms with Gasteiger partial charge in [-0.1, -0.05) is 19.0 Å². The Labute approximate surface area is 111 Å². The molecule has 2 atom stereocenters. The highest BCUT2D eigenvalue weighted by atomic mass is 16.5. The summed E-state index contributed by atoms with van der Waals surface area (Å²) in [6, 6.07) is 5.47. The predicted octanol–water partition coefficient (Wildman–Crippen LogP) is 2.47. The first-order valence-electron chi connectivity index (χ1n) is 6.06. The van der Waals surface area contributed by atoms with Crippen molar-refractivity contribution >= 4 is 11.7 Å². The molecule has 0 aliphatic heterocycles. The number of carboxylic acid groups (broad SMARTS) is 1. The van der Waals surface area contributed by atoms with Crippen LogP contribution in [0.1, 0.15) is 37.3 Å². The average molecular weight is 263 g/mol. The second-order valence-electron chi connectivity index (χ2n) is 5.11. The van der Waals surface area contributed by atoms with Crippen LogP contribution in [-0.2, 0) is 4.79 Å². The topological polar surface area (TPSA) is 79.1 Å². The van der Waals surface area contributed by atoms with Crippen LogP contribution in [0, 0.1) is 5.41 Å². The Morgan fingerprint density at radius 1 is 1.53 bits per heavy atom. The lowest BCUT2D eigenvalue weighted by atomic mass is 9.75. The van der Waals surface area contributed by atoms with Crippen molar-refractivity contribution in [3.8, 4) is 5.75 Å². The molecular weight excluding hydrogens is 246 g/mol. The first-order chi connectivity index (χ1) is 8.93. The standard InChI is InChI=1S/C14H17NO4/c1-8-11-6-9(19-3)4-5-10(11)13(15-18)14(8,2)7-12(16)17/h4-6,8,18H,7H2,1-3H3,(H,16,17). The number of rotatable bonds is 3. The number of carbonyl (C=O) groups is 1. The maximum Gasteiger partial charge on any atom is 0.304 e. The molecular formula is C14H17NO4. The summed E-state index contributed by atoms with van der Waals surface area (Å²) < 4.78 is 5.19. The van der Waals surface area contributed by atoms with Gasteiger partial charge in [0, 0.05) is 11.0 Å². The maximum atomic E-state index is 11.1. The van der Waals surface area contributed by atoms with Crippen molar-refractivity contribution in [1.29, 1.82) is 0 Å². The summed E-state index contributed by atoms with van der Waals surface area (Å²) in [5.74, 6) is -0.252. The molecule has 1 aromatic rings. The molecule has 1 aliphatic carbocycles. The number of hydrogen-bond donors (Lipinski definition) is 2. The van der Waals surface area contributed by atoms with Crippen LogP contribution >= 0.6 is 0 Å². The molecule has 2 N–H and O–H groups in total. The molecule has 0 aromatic heterocycles. The largest absolute Gasteiger partial charge is 0.497 e. The zero-order chi connectivity index (χ0) is 14.2. The zero-order valence-electron chi connectivity index (χ0n) is 11.2. The van der Waals surface area contributed by atoms with Gasteiger partial charge in [-0.2, -0.15) is 0 Å². The third kappa shape index (κ3) is 1.95. The van der Waals surface area contributed by atoms with Gasteiger partial charge in [-0.15, -0.1) is 0 Å². The van der Waals surface area contributed by atoms with Crippen molar-refractivity contribution in [2.45, 2.75) is 26.2 Å². The summed E-state index contributed by atoms with van der Waals surface area (Å²) in [5.41, 5.74) is 1.46. The lowest BCUT2D eigenvalue weighted by Crippen LogP contribution is -2.30. The average Bonchev–Trinajstić information content (AvgIpc) is 2.57. The fourth-order valence-corrected chi connectivity index (χ4v) is 2.82. The summed E-state index contributed by atoms with van der Waals surface area (Å²) in [4.78, 5) is 11.1. The number of benzene rings is 1. The fraction of sp³-hybridized carbons (Fsp3) is 0.429. The van der Waals surface area contributed by atoms with Crippen molar-refractivity contribution in [3.63, 3.8) is 0 Å². The quantitative estimate of drug-likeness (QED) is 0.648. The second kappa shape index (κ2) is 4.57. The molecule has 1 aromatic carbocycles. The number of methoxy groups -OCH3 is 1. The van der Waals surface area contributed by atoms with Crippen molar-refractivity contribution in [2.75, 3.05) is 7.11 Å². The van der Waals surface area contributed by atoms with E-state index in [1.807, 2.05) is 26.0 Å². The van der Waals surface area contributed by atoms with E-state index in [0.717, 1.165) is 11.1 Å². The van der Waals surface area contributed by atoms with E-state index in [0.29, 0.717) is 11.5 Å². The minimum absolute atomic E-state index is 0.0559. The van der Waals surface area contributed by atoms with Gasteiger partial charge in [0.05, 0.1) is 19.2 Å². The fourth-order valence-electron chi connectivity index (χ4n) is 2.82. The lowest BCUT2D eigenvalue weighted by molar-refractivity contribution is -0.138. The minimum atomic E-state index is -0.907. The van der Waals surface area contributed by atoms with Crippen molar-refractivity contribution < 1.29 is 19.8 Å². The van der Waals surface area contributed by atoms with E-state index in [4.69, 9.17) is 9.84 Å². The third-order valence-corrected chi connectivity index (χ3v) is 4.10. The Morgan fingerprint density at radius 3 is 2.74 bits per heavy atom. The van der Waals surface area contributed by atoms with Gasteiger partial charge < -0.3 is 15.1 Å². The molecule has 0 heterocycles. The molecule has 5 heteroatoms. The van der Waals surface area contributed by atoms with Crippen LogP contribution in [-0.4, -0.2) is 29.1 Å². The summed E-state index contributed by atoms with van der Waals surface area (Å²) >= 11 is 0. The van der Waals surface area contributed by atoms with Crippen LogP contribution in [0.15, 0.2) is 23.4 Å². The van der Waals surface area contributed by atoms with Crippen molar-refractivity contribution in [3.05, 3.63) is 29.3 Å². The van der Waals surface area contributed by atoms with Crippen molar-refractivity contribution in [1.82, 2.24) is 0 Å². The molecule has 0 bridgehead atoms. The smallest absolute Gasteiger partial charge is 0.304 e. The number of aliphatic carboxylic acids is 1. The molecule has 2 unspecified atom stereocenters. The summed E-state index contributed by atoms with van der Waals surface area (Å²) in [6.07, 6.45) is -0.0788. The van der Waals surface area contributed by atoms with E-state index in [2.05, 4.69) is 5.16 Å². The SMILES string of the molecule is COc1ccc2c(c1)C(C)C(C)(CC(=O)O)C2=NO. The van der Waals surface area contributed by atoms with Crippen LogP contribution in [0.2, 0.25) is 0 Å². The van der Waals surface area contributed by atoms with Gasteiger partial charge in [-0.05, 0) is 29.7 Å². The van der Waals surface area contributed by atoms with E-state index in [1.165, 1.54) is 0 Å². The Kier molecular flexibility index (Phi) is 3.22. The van der Waals surface area contributed by atoms with Gasteiger partial charge in [-0.25, -0.2) is 0 Å². The zero-order valence-corrected chi connectivity index (χ0v) is 11.2.